The van der Waals surface area contributed by atoms with Crippen LogP contribution in [0.5, 0.6) is 0 Å². The van der Waals surface area contributed by atoms with Crippen LogP contribution in [0.1, 0.15) is 49.3 Å². The molecule has 0 aliphatic carbocycles. The van der Waals surface area contributed by atoms with Crippen molar-refractivity contribution in [3.63, 3.8) is 0 Å². The Morgan fingerprint density at radius 1 is 1.06 bits per heavy atom. The number of nitrogens with two attached hydrogens (primary N) is 1. The molecule has 2 atom stereocenters. The van der Waals surface area contributed by atoms with Gasteiger partial charge in [-0.3, -0.25) is 0 Å². The third-order valence-electron chi connectivity index (χ3n) is 5.03. The van der Waals surface area contributed by atoms with Crippen LogP contribution in [0.2, 0.25) is 20.1 Å². The fourth-order valence-electron chi connectivity index (χ4n) is 3.68. The van der Waals surface area contributed by atoms with Crippen molar-refractivity contribution in [1.82, 2.24) is 0 Å². The number of hydrogen-bond acceptors (Lipinski definition) is 5. The number of benzene rings is 2. The summed E-state index contributed by atoms with van der Waals surface area (Å²) >= 11 is 28.5. The predicted octanol–water partition coefficient (Wildman–Crippen LogP) is 8.24. The SMILES string of the molecule is CCOC(=O)c1c(N)sc2c1CC(c1ccc(Cl)cc1Cl)SC2c1ccc(Cl)cc1Cl. The minimum absolute atomic E-state index is 0.0313. The lowest BCUT2D eigenvalue weighted by Gasteiger charge is -2.31. The minimum Gasteiger partial charge on any atom is -0.462 e. The number of carbonyl (C=O) groups excluding carboxylic acids is 1. The Balaban J connectivity index is 1.88. The fraction of sp³-hybridized carbons (Fsp3) is 0.227. The number of esters is 1. The molecule has 0 radical (unpaired) electrons. The molecule has 3 nitrogen and oxygen atoms in total. The van der Waals surface area contributed by atoms with Crippen molar-refractivity contribution in [2.75, 3.05) is 12.3 Å². The number of anilines is 1. The number of halogens is 4. The van der Waals surface area contributed by atoms with Crippen LogP contribution >= 0.6 is 69.5 Å². The van der Waals surface area contributed by atoms with Gasteiger partial charge >= 0.3 is 5.97 Å². The lowest BCUT2D eigenvalue weighted by atomic mass is 9.96. The molecule has 162 valence electrons. The highest BCUT2D eigenvalue weighted by Crippen LogP contribution is 2.57. The van der Waals surface area contributed by atoms with Gasteiger partial charge in [0.25, 0.3) is 0 Å². The van der Waals surface area contributed by atoms with Gasteiger partial charge < -0.3 is 10.5 Å². The summed E-state index contributed by atoms with van der Waals surface area (Å²) in [6.07, 6.45) is 0.588. The molecule has 2 heterocycles. The first-order valence-electron chi connectivity index (χ1n) is 9.43. The molecule has 9 heteroatoms. The molecule has 4 rings (SSSR count). The first kappa shape index (κ1) is 23.1. The van der Waals surface area contributed by atoms with Gasteiger partial charge in [0.1, 0.15) is 5.00 Å². The van der Waals surface area contributed by atoms with E-state index in [0.29, 0.717) is 37.1 Å². The largest absolute Gasteiger partial charge is 0.462 e. The first-order valence-corrected chi connectivity index (χ1v) is 12.7. The standard InChI is InChI=1S/C22H17Cl4NO2S2/c1-2-29-22(28)18-14-9-17(12-5-3-10(23)7-15(12)25)30-19(20(14)31-21(18)27)13-6-4-11(24)8-16(13)26/h3-8,17,19H,2,9,27H2,1H3. The molecule has 0 bridgehead atoms. The van der Waals surface area contributed by atoms with Crippen LogP contribution in [-0.2, 0) is 11.2 Å². The molecule has 2 unspecified atom stereocenters. The average Bonchev–Trinajstić information content (AvgIpc) is 3.03. The quantitative estimate of drug-likeness (QED) is 0.343. The third-order valence-corrected chi connectivity index (χ3v) is 8.94. The molecule has 1 aromatic heterocycles. The van der Waals surface area contributed by atoms with Crippen molar-refractivity contribution in [3.05, 3.63) is 83.6 Å². The van der Waals surface area contributed by atoms with Crippen molar-refractivity contribution in [3.8, 4) is 0 Å². The zero-order valence-electron chi connectivity index (χ0n) is 16.3. The molecular formula is C22H17Cl4NO2S2. The monoisotopic (exact) mass is 531 g/mol. The first-order chi connectivity index (χ1) is 14.8. The Morgan fingerprint density at radius 2 is 1.68 bits per heavy atom. The lowest BCUT2D eigenvalue weighted by Crippen LogP contribution is -2.16. The van der Waals surface area contributed by atoms with E-state index in [1.165, 1.54) is 11.3 Å². The van der Waals surface area contributed by atoms with Crippen molar-refractivity contribution >= 4 is 80.5 Å². The van der Waals surface area contributed by atoms with E-state index < -0.39 is 5.97 Å². The number of hydrogen-bond donors (Lipinski definition) is 1. The van der Waals surface area contributed by atoms with Gasteiger partial charge in [-0.05, 0) is 54.3 Å². The summed E-state index contributed by atoms with van der Waals surface area (Å²) < 4.78 is 5.29. The Hall–Kier alpha value is -1.08. The molecule has 2 aromatic carbocycles. The van der Waals surface area contributed by atoms with Crippen molar-refractivity contribution in [1.29, 1.82) is 0 Å². The molecule has 31 heavy (non-hydrogen) atoms. The Bertz CT molecular complexity index is 1160. The summed E-state index contributed by atoms with van der Waals surface area (Å²) in [5.74, 6) is -0.411. The zero-order valence-corrected chi connectivity index (χ0v) is 20.9. The van der Waals surface area contributed by atoms with E-state index in [1.54, 1.807) is 30.8 Å². The van der Waals surface area contributed by atoms with Gasteiger partial charge in [-0.1, -0.05) is 58.5 Å². The summed E-state index contributed by atoms with van der Waals surface area (Å²) in [5, 5.41) is 2.54. The van der Waals surface area contributed by atoms with E-state index in [1.807, 2.05) is 24.3 Å². The molecule has 0 fully saturated rings. The van der Waals surface area contributed by atoms with Gasteiger partial charge in [0.15, 0.2) is 0 Å². The van der Waals surface area contributed by atoms with E-state index in [2.05, 4.69) is 0 Å². The van der Waals surface area contributed by atoms with Crippen LogP contribution in [0.3, 0.4) is 0 Å². The maximum Gasteiger partial charge on any atom is 0.341 e. The zero-order chi connectivity index (χ0) is 22.3. The summed E-state index contributed by atoms with van der Waals surface area (Å²) in [4.78, 5) is 13.7. The number of ether oxygens (including phenoxy) is 1. The topological polar surface area (TPSA) is 52.3 Å². The number of fused-ring (bicyclic) bond motifs is 1. The second kappa shape index (κ2) is 9.42. The summed E-state index contributed by atoms with van der Waals surface area (Å²) in [5.41, 5.74) is 9.47. The van der Waals surface area contributed by atoms with Crippen molar-refractivity contribution < 1.29 is 9.53 Å². The Labute approximate surface area is 208 Å². The Morgan fingerprint density at radius 3 is 2.26 bits per heavy atom. The molecule has 0 amide bonds. The number of carbonyl (C=O) groups is 1. The van der Waals surface area contributed by atoms with E-state index in [-0.39, 0.29) is 17.1 Å². The highest BCUT2D eigenvalue weighted by Gasteiger charge is 2.37. The van der Waals surface area contributed by atoms with Gasteiger partial charge in [-0.25, -0.2) is 4.79 Å². The second-order valence-corrected chi connectivity index (χ2v) is 11.0. The molecule has 1 aliphatic heterocycles. The van der Waals surface area contributed by atoms with E-state index in [0.717, 1.165) is 21.6 Å². The molecule has 2 N–H and O–H groups in total. The molecule has 0 saturated carbocycles. The highest BCUT2D eigenvalue weighted by molar-refractivity contribution is 8.00. The van der Waals surface area contributed by atoms with Gasteiger partial charge in [0, 0.05) is 30.2 Å². The van der Waals surface area contributed by atoms with Gasteiger partial charge in [0.05, 0.1) is 17.4 Å². The fourth-order valence-corrected chi connectivity index (χ4v) is 7.83. The van der Waals surface area contributed by atoms with Gasteiger partial charge in [-0.2, -0.15) is 0 Å². The van der Waals surface area contributed by atoms with E-state index >= 15 is 0 Å². The molecule has 0 spiro atoms. The minimum atomic E-state index is -0.411. The predicted molar refractivity (Wildman–Crippen MR) is 133 cm³/mol. The number of thioether (sulfide) groups is 1. The Kier molecular flexibility index (Phi) is 7.02. The summed E-state index contributed by atoms with van der Waals surface area (Å²) in [7, 11) is 0. The molecule has 1 aliphatic rings. The number of thiophene rings is 1. The summed E-state index contributed by atoms with van der Waals surface area (Å²) in [6, 6.07) is 10.9. The van der Waals surface area contributed by atoms with Crippen LogP contribution in [0.4, 0.5) is 5.00 Å². The second-order valence-electron chi connectivity index (χ2n) is 6.95. The van der Waals surface area contributed by atoms with Crippen molar-refractivity contribution in [2.45, 2.75) is 23.8 Å². The van der Waals surface area contributed by atoms with Crippen LogP contribution in [0.25, 0.3) is 0 Å². The van der Waals surface area contributed by atoms with Crippen molar-refractivity contribution in [2.24, 2.45) is 0 Å². The number of nitrogen functional groups attached to an aromatic ring is 1. The maximum atomic E-state index is 12.7. The van der Waals surface area contributed by atoms with Crippen LogP contribution in [0, 0.1) is 0 Å². The van der Waals surface area contributed by atoms with Crippen LogP contribution < -0.4 is 5.73 Å². The molecular weight excluding hydrogens is 516 g/mol. The van der Waals surface area contributed by atoms with Gasteiger partial charge in [0.2, 0.25) is 0 Å². The molecule has 3 aromatic rings. The maximum absolute atomic E-state index is 12.7. The molecule has 0 saturated heterocycles. The van der Waals surface area contributed by atoms with E-state index in [4.69, 9.17) is 56.9 Å². The van der Waals surface area contributed by atoms with Crippen LogP contribution in [-0.4, -0.2) is 12.6 Å². The summed E-state index contributed by atoms with van der Waals surface area (Å²) in [6.45, 7) is 2.05. The average molecular weight is 533 g/mol. The highest BCUT2D eigenvalue weighted by atomic mass is 35.5. The van der Waals surface area contributed by atoms with E-state index in [9.17, 15) is 4.79 Å². The third kappa shape index (κ3) is 4.54. The van der Waals surface area contributed by atoms with Crippen LogP contribution in [0.15, 0.2) is 36.4 Å². The number of rotatable bonds is 4. The smallest absolute Gasteiger partial charge is 0.341 e. The van der Waals surface area contributed by atoms with Gasteiger partial charge in [-0.15, -0.1) is 23.1 Å². The lowest BCUT2D eigenvalue weighted by molar-refractivity contribution is 0.0527. The normalized spacial score (nSPS) is 18.0.